The highest BCUT2D eigenvalue weighted by Crippen LogP contribution is 2.29. The van der Waals surface area contributed by atoms with Crippen molar-refractivity contribution < 1.29 is 17.9 Å². The molecule has 0 aliphatic carbocycles. The molecule has 178 valence electrons. The molecule has 2 aromatic carbocycles. The molecule has 1 aliphatic heterocycles. The molecule has 1 aromatic heterocycles. The standard InChI is InChI=1S/C25H28N4O4S/c1-28(2)34(31,32)22-10-11-24(29-16-4-3-5-17-29)23(18-22)25(30)27-19-6-8-20(9-7-19)33-21-12-14-26-15-13-21/h6-15,18H,3-5,16-17H2,1-2H3,(H,27,30). The van der Waals surface area contributed by atoms with Crippen LogP contribution in [-0.2, 0) is 10.0 Å². The zero-order chi connectivity index (χ0) is 24.1. The highest BCUT2D eigenvalue weighted by Gasteiger charge is 2.24. The molecular formula is C25H28N4O4S. The van der Waals surface area contributed by atoms with Crippen molar-refractivity contribution in [2.75, 3.05) is 37.4 Å². The molecule has 4 rings (SSSR count). The average Bonchev–Trinajstić information content (AvgIpc) is 2.86. The lowest BCUT2D eigenvalue weighted by Gasteiger charge is -2.30. The molecule has 0 bridgehead atoms. The largest absolute Gasteiger partial charge is 0.457 e. The predicted molar refractivity (Wildman–Crippen MR) is 132 cm³/mol. The van der Waals surface area contributed by atoms with Crippen LogP contribution in [-0.4, -0.2) is 50.8 Å². The van der Waals surface area contributed by atoms with Gasteiger partial charge in [-0.1, -0.05) is 0 Å². The second-order valence-electron chi connectivity index (χ2n) is 8.28. The average molecular weight is 481 g/mol. The fourth-order valence-electron chi connectivity index (χ4n) is 3.83. The summed E-state index contributed by atoms with van der Waals surface area (Å²) in [5.41, 5.74) is 1.66. The van der Waals surface area contributed by atoms with E-state index < -0.39 is 10.0 Å². The first-order chi connectivity index (χ1) is 16.3. The number of aromatic nitrogens is 1. The number of hydrogen-bond acceptors (Lipinski definition) is 6. The van der Waals surface area contributed by atoms with Gasteiger partial charge in [0.05, 0.1) is 10.5 Å². The van der Waals surface area contributed by atoms with Crippen molar-refractivity contribution >= 4 is 27.3 Å². The normalized spacial score (nSPS) is 14.1. The third kappa shape index (κ3) is 5.37. The van der Waals surface area contributed by atoms with Crippen LogP contribution in [0.25, 0.3) is 0 Å². The zero-order valence-electron chi connectivity index (χ0n) is 19.3. The summed E-state index contributed by atoms with van der Waals surface area (Å²) >= 11 is 0. The highest BCUT2D eigenvalue weighted by atomic mass is 32.2. The van der Waals surface area contributed by atoms with E-state index >= 15 is 0 Å². The van der Waals surface area contributed by atoms with Crippen molar-refractivity contribution in [1.29, 1.82) is 0 Å². The van der Waals surface area contributed by atoms with Crippen LogP contribution in [0.4, 0.5) is 11.4 Å². The first kappa shape index (κ1) is 23.7. The molecule has 1 amide bonds. The number of pyridine rings is 1. The van der Waals surface area contributed by atoms with Gasteiger partial charge in [0.15, 0.2) is 0 Å². The monoisotopic (exact) mass is 480 g/mol. The number of carbonyl (C=O) groups is 1. The van der Waals surface area contributed by atoms with Gasteiger partial charge in [-0.25, -0.2) is 12.7 Å². The number of hydrogen-bond donors (Lipinski definition) is 1. The second kappa shape index (κ2) is 10.2. The van der Waals surface area contributed by atoms with Gasteiger partial charge in [-0.15, -0.1) is 0 Å². The maximum absolute atomic E-state index is 13.3. The van der Waals surface area contributed by atoms with Crippen molar-refractivity contribution in [3.05, 3.63) is 72.6 Å². The molecule has 1 saturated heterocycles. The number of piperidine rings is 1. The van der Waals surface area contributed by atoms with E-state index in [0.29, 0.717) is 22.7 Å². The molecule has 8 nitrogen and oxygen atoms in total. The third-order valence-electron chi connectivity index (χ3n) is 5.69. The molecule has 2 heterocycles. The van der Waals surface area contributed by atoms with Crippen LogP contribution >= 0.6 is 0 Å². The van der Waals surface area contributed by atoms with Gasteiger partial charge in [0, 0.05) is 51.0 Å². The first-order valence-corrected chi connectivity index (χ1v) is 12.6. The summed E-state index contributed by atoms with van der Waals surface area (Å²) < 4.78 is 32.3. The maximum atomic E-state index is 13.3. The Kier molecular flexibility index (Phi) is 7.14. The highest BCUT2D eigenvalue weighted by molar-refractivity contribution is 7.89. The Hall–Kier alpha value is -3.43. The van der Waals surface area contributed by atoms with Crippen LogP contribution < -0.4 is 15.0 Å². The number of nitrogens with one attached hydrogen (secondary N) is 1. The molecule has 9 heteroatoms. The fraction of sp³-hybridized carbons (Fsp3) is 0.280. The molecule has 0 unspecified atom stereocenters. The lowest BCUT2D eigenvalue weighted by molar-refractivity contribution is 0.102. The Morgan fingerprint density at radius 2 is 1.59 bits per heavy atom. The smallest absolute Gasteiger partial charge is 0.257 e. The van der Waals surface area contributed by atoms with E-state index in [1.54, 1.807) is 60.9 Å². The topological polar surface area (TPSA) is 91.8 Å². The summed E-state index contributed by atoms with van der Waals surface area (Å²) in [6.45, 7) is 1.67. The minimum absolute atomic E-state index is 0.0875. The lowest BCUT2D eigenvalue weighted by atomic mass is 10.1. The maximum Gasteiger partial charge on any atom is 0.257 e. The van der Waals surface area contributed by atoms with Crippen molar-refractivity contribution in [3.8, 4) is 11.5 Å². The second-order valence-corrected chi connectivity index (χ2v) is 10.4. The molecular weight excluding hydrogens is 452 g/mol. The van der Waals surface area contributed by atoms with Gasteiger partial charge in [0.2, 0.25) is 10.0 Å². The summed E-state index contributed by atoms with van der Waals surface area (Å²) in [6.07, 6.45) is 6.53. The van der Waals surface area contributed by atoms with Gasteiger partial charge in [-0.2, -0.15) is 0 Å². The first-order valence-electron chi connectivity index (χ1n) is 11.2. The van der Waals surface area contributed by atoms with Crippen LogP contribution in [0.2, 0.25) is 0 Å². The Labute approximate surface area is 200 Å². The summed E-state index contributed by atoms with van der Waals surface area (Å²) in [6, 6.07) is 15.3. The Morgan fingerprint density at radius 3 is 2.24 bits per heavy atom. The number of sulfonamides is 1. The summed E-state index contributed by atoms with van der Waals surface area (Å²) in [7, 11) is -0.724. The van der Waals surface area contributed by atoms with E-state index in [4.69, 9.17) is 4.74 Å². The molecule has 1 aliphatic rings. The van der Waals surface area contributed by atoms with Crippen LogP contribution in [0.5, 0.6) is 11.5 Å². The van der Waals surface area contributed by atoms with Crippen LogP contribution in [0.3, 0.4) is 0 Å². The number of benzene rings is 2. The molecule has 0 radical (unpaired) electrons. The molecule has 0 saturated carbocycles. The Bertz CT molecular complexity index is 1240. The SMILES string of the molecule is CN(C)S(=O)(=O)c1ccc(N2CCCCC2)c(C(=O)Nc2ccc(Oc3ccncc3)cc2)c1. The summed E-state index contributed by atoms with van der Waals surface area (Å²) in [5, 5.41) is 2.90. The minimum Gasteiger partial charge on any atom is -0.457 e. The number of ether oxygens (including phenoxy) is 1. The van der Waals surface area contributed by atoms with Gasteiger partial charge in [0.25, 0.3) is 5.91 Å². The van der Waals surface area contributed by atoms with Crippen molar-refractivity contribution in [3.63, 3.8) is 0 Å². The van der Waals surface area contributed by atoms with Gasteiger partial charge in [-0.3, -0.25) is 9.78 Å². The van der Waals surface area contributed by atoms with Gasteiger partial charge >= 0.3 is 0 Å². The molecule has 1 N–H and O–H groups in total. The number of rotatable bonds is 7. The van der Waals surface area contributed by atoms with E-state index in [1.807, 2.05) is 0 Å². The van der Waals surface area contributed by atoms with E-state index in [9.17, 15) is 13.2 Å². The molecule has 0 atom stereocenters. The van der Waals surface area contributed by atoms with Crippen molar-refractivity contribution in [2.24, 2.45) is 0 Å². The molecule has 34 heavy (non-hydrogen) atoms. The summed E-state index contributed by atoms with van der Waals surface area (Å²) in [4.78, 5) is 19.5. The van der Waals surface area contributed by atoms with Gasteiger partial charge in [-0.05, 0) is 73.9 Å². The van der Waals surface area contributed by atoms with Crippen molar-refractivity contribution in [2.45, 2.75) is 24.2 Å². The number of anilines is 2. The summed E-state index contributed by atoms with van der Waals surface area (Å²) in [5.74, 6) is 0.924. The Balaban J connectivity index is 1.59. The van der Waals surface area contributed by atoms with E-state index in [2.05, 4.69) is 15.2 Å². The quantitative estimate of drug-likeness (QED) is 0.540. The third-order valence-corrected chi connectivity index (χ3v) is 7.50. The van der Waals surface area contributed by atoms with E-state index in [0.717, 1.165) is 42.3 Å². The number of nitrogens with zero attached hydrogens (tertiary/aromatic N) is 3. The van der Waals surface area contributed by atoms with Crippen LogP contribution in [0.15, 0.2) is 71.9 Å². The fourth-order valence-corrected chi connectivity index (χ4v) is 4.75. The van der Waals surface area contributed by atoms with Crippen LogP contribution in [0.1, 0.15) is 29.6 Å². The zero-order valence-corrected chi connectivity index (χ0v) is 20.1. The molecule has 1 fully saturated rings. The van der Waals surface area contributed by atoms with E-state index in [1.165, 1.54) is 20.2 Å². The van der Waals surface area contributed by atoms with Crippen molar-refractivity contribution in [1.82, 2.24) is 9.29 Å². The lowest BCUT2D eigenvalue weighted by Crippen LogP contribution is -2.32. The predicted octanol–water partition coefficient (Wildman–Crippen LogP) is 4.37. The molecule has 0 spiro atoms. The number of carbonyl (C=O) groups excluding carboxylic acids is 1. The minimum atomic E-state index is -3.67. The van der Waals surface area contributed by atoms with E-state index in [-0.39, 0.29) is 10.8 Å². The van der Waals surface area contributed by atoms with Gasteiger partial charge in [0.1, 0.15) is 11.5 Å². The Morgan fingerprint density at radius 1 is 0.941 bits per heavy atom. The van der Waals surface area contributed by atoms with Gasteiger partial charge < -0.3 is 15.0 Å². The number of amides is 1. The van der Waals surface area contributed by atoms with Crippen LogP contribution in [0, 0.1) is 0 Å². The molecule has 3 aromatic rings.